The van der Waals surface area contributed by atoms with Crippen molar-refractivity contribution in [3.05, 3.63) is 45.8 Å². The second-order valence-electron chi connectivity index (χ2n) is 4.45. The van der Waals surface area contributed by atoms with Crippen molar-refractivity contribution in [2.24, 2.45) is 0 Å². The number of carbonyl (C=O) groups is 2. The second kappa shape index (κ2) is 5.47. The van der Waals surface area contributed by atoms with Crippen molar-refractivity contribution in [2.45, 2.75) is 0 Å². The summed E-state index contributed by atoms with van der Waals surface area (Å²) in [7, 11) is -4.61. The minimum Gasteiger partial charge on any atom is -1.00 e. The van der Waals surface area contributed by atoms with E-state index in [0.717, 1.165) is 6.08 Å². The third-order valence-corrected chi connectivity index (χ3v) is 4.06. The van der Waals surface area contributed by atoms with E-state index in [-0.39, 0.29) is 42.0 Å². The smallest absolute Gasteiger partial charge is 1.00 e. The molecule has 1 aromatic carbocycles. The van der Waals surface area contributed by atoms with Crippen molar-refractivity contribution in [1.82, 2.24) is 0 Å². The number of hydrogen-bond donors (Lipinski definition) is 1. The molecule has 0 aromatic heterocycles. The predicted octanol–water partition coefficient (Wildman–Crippen LogP) is -3.23. The topological polar surface area (TPSA) is 88.5 Å². The van der Waals surface area contributed by atoms with Crippen LogP contribution in [0.3, 0.4) is 0 Å². The van der Waals surface area contributed by atoms with Gasteiger partial charge in [0.2, 0.25) is 0 Å². The molecule has 0 heterocycles. The molecule has 0 bridgehead atoms. The number of fused-ring (bicyclic) bond motifs is 2. The minimum atomic E-state index is -4.61. The van der Waals surface area contributed by atoms with Gasteiger partial charge in [-0.15, -0.1) is 0 Å². The Balaban J connectivity index is 0.00000121. The molecular weight excluding hydrogens is 303 g/mol. The average Bonchev–Trinajstić information content (AvgIpc) is 2.35. The van der Waals surface area contributed by atoms with Gasteiger partial charge in [-0.1, -0.05) is 12.2 Å². The van der Waals surface area contributed by atoms with Crippen LogP contribution in [0.25, 0.3) is 23.1 Å². The first-order chi connectivity index (χ1) is 9.36. The standard InChI is InChI=1S/C14H8O5S.Na.H/c15-11-3-1-8-7-12-9(5-10(8)6-11)2-4-13(16)14(12)20(17,18)19;;/h1-7H,(H,17,18,19);;/q;+1;-1. The van der Waals surface area contributed by atoms with E-state index in [0.29, 0.717) is 16.3 Å². The molecule has 21 heavy (non-hydrogen) atoms. The summed E-state index contributed by atoms with van der Waals surface area (Å²) in [6.07, 6.45) is 6.86. The van der Waals surface area contributed by atoms with E-state index in [1.807, 2.05) is 0 Å². The van der Waals surface area contributed by atoms with Gasteiger partial charge in [0.25, 0.3) is 10.1 Å². The summed E-state index contributed by atoms with van der Waals surface area (Å²) in [5, 5.41) is 0.788. The third-order valence-electron chi connectivity index (χ3n) is 3.12. The molecule has 102 valence electrons. The molecule has 5 nitrogen and oxygen atoms in total. The van der Waals surface area contributed by atoms with Crippen molar-refractivity contribution in [3.8, 4) is 0 Å². The van der Waals surface area contributed by atoms with Crippen molar-refractivity contribution in [2.75, 3.05) is 0 Å². The maximum absolute atomic E-state index is 11.7. The Labute approximate surface area is 143 Å². The number of allylic oxidation sites excluding steroid dienone is 2. The van der Waals surface area contributed by atoms with Gasteiger partial charge in [-0.2, -0.15) is 8.42 Å². The quantitative estimate of drug-likeness (QED) is 0.435. The van der Waals surface area contributed by atoms with Crippen LogP contribution in [0.4, 0.5) is 0 Å². The fourth-order valence-corrected chi connectivity index (χ4v) is 3.04. The molecule has 1 N–H and O–H groups in total. The Bertz CT molecular complexity index is 958. The van der Waals surface area contributed by atoms with Crippen LogP contribution in [-0.2, 0) is 19.7 Å². The van der Waals surface area contributed by atoms with E-state index < -0.39 is 20.8 Å². The van der Waals surface area contributed by atoms with Gasteiger partial charge in [-0.3, -0.25) is 14.1 Å². The molecule has 0 fully saturated rings. The van der Waals surface area contributed by atoms with Crippen molar-refractivity contribution in [1.29, 1.82) is 0 Å². The predicted molar refractivity (Wildman–Crippen MR) is 74.3 cm³/mol. The Morgan fingerprint density at radius 3 is 2.29 bits per heavy atom. The Kier molecular flexibility index (Phi) is 4.19. The molecule has 0 spiro atoms. The van der Waals surface area contributed by atoms with Gasteiger partial charge in [0.15, 0.2) is 11.6 Å². The zero-order chi connectivity index (χ0) is 14.5. The minimum absolute atomic E-state index is 0. The molecule has 0 saturated heterocycles. The zero-order valence-electron chi connectivity index (χ0n) is 12.0. The summed E-state index contributed by atoms with van der Waals surface area (Å²) in [5.74, 6) is -0.924. The molecule has 2 aliphatic rings. The fraction of sp³-hybridized carbons (Fsp3) is 0. The van der Waals surface area contributed by atoms with Gasteiger partial charge in [-0.05, 0) is 46.7 Å². The van der Waals surface area contributed by atoms with Crippen LogP contribution in [-0.4, -0.2) is 24.5 Å². The van der Waals surface area contributed by atoms with Gasteiger partial charge < -0.3 is 1.43 Å². The van der Waals surface area contributed by atoms with Crippen LogP contribution in [0.5, 0.6) is 0 Å². The number of rotatable bonds is 1. The van der Waals surface area contributed by atoms with E-state index in [4.69, 9.17) is 0 Å². The van der Waals surface area contributed by atoms with E-state index in [1.165, 1.54) is 24.3 Å². The Morgan fingerprint density at radius 2 is 1.62 bits per heavy atom. The van der Waals surface area contributed by atoms with Crippen LogP contribution in [0.2, 0.25) is 0 Å². The van der Waals surface area contributed by atoms with Gasteiger partial charge in [0, 0.05) is 5.22 Å². The molecule has 0 aliphatic heterocycles. The summed E-state index contributed by atoms with van der Waals surface area (Å²) in [6.45, 7) is 0. The Morgan fingerprint density at radius 1 is 0.952 bits per heavy atom. The number of carbonyl (C=O) groups excluding carboxylic acids is 2. The van der Waals surface area contributed by atoms with Crippen LogP contribution < -0.4 is 40.0 Å². The molecule has 0 saturated carbocycles. The van der Waals surface area contributed by atoms with Gasteiger partial charge in [0.05, 0.1) is 0 Å². The maximum atomic E-state index is 11.7. The van der Waals surface area contributed by atoms with Gasteiger partial charge in [0.1, 0.15) is 4.91 Å². The van der Waals surface area contributed by atoms with Crippen LogP contribution >= 0.6 is 0 Å². The number of ketones is 2. The van der Waals surface area contributed by atoms with E-state index >= 15 is 0 Å². The first kappa shape index (κ1) is 16.1. The largest absolute Gasteiger partial charge is 1.00 e. The maximum Gasteiger partial charge on any atom is 1.00 e. The van der Waals surface area contributed by atoms with Crippen molar-refractivity contribution >= 4 is 44.8 Å². The molecule has 3 rings (SSSR count). The van der Waals surface area contributed by atoms with E-state index in [2.05, 4.69) is 0 Å². The normalized spacial score (nSPS) is 16.0. The molecule has 7 heteroatoms. The van der Waals surface area contributed by atoms with Crippen molar-refractivity contribution < 1.29 is 53.5 Å². The molecule has 0 unspecified atom stereocenters. The van der Waals surface area contributed by atoms with Gasteiger partial charge in [-0.25, -0.2) is 0 Å². The van der Waals surface area contributed by atoms with E-state index in [9.17, 15) is 22.6 Å². The van der Waals surface area contributed by atoms with Crippen LogP contribution in [0, 0.1) is 0 Å². The van der Waals surface area contributed by atoms with E-state index in [1.54, 1.807) is 12.1 Å². The van der Waals surface area contributed by atoms with Crippen LogP contribution in [0.15, 0.2) is 24.3 Å². The summed E-state index contributed by atoms with van der Waals surface area (Å²) in [5.41, 5.74) is 1.09. The number of hydrogen-bond acceptors (Lipinski definition) is 4. The number of benzene rings is 1. The molecule has 2 aliphatic carbocycles. The summed E-state index contributed by atoms with van der Waals surface area (Å²) in [4.78, 5) is 22.4. The van der Waals surface area contributed by atoms with Gasteiger partial charge >= 0.3 is 29.6 Å². The fourth-order valence-electron chi connectivity index (χ4n) is 2.27. The third kappa shape index (κ3) is 2.86. The zero-order valence-corrected chi connectivity index (χ0v) is 13.8. The summed E-state index contributed by atoms with van der Waals surface area (Å²) >= 11 is 0. The molecule has 1 aromatic rings. The summed E-state index contributed by atoms with van der Waals surface area (Å²) < 4.78 is 31.9. The monoisotopic (exact) mass is 312 g/mol. The molecule has 0 radical (unpaired) electrons. The second-order valence-corrected chi connectivity index (χ2v) is 5.81. The summed E-state index contributed by atoms with van der Waals surface area (Å²) in [6, 6.07) is 3.09. The SMILES string of the molecule is O=C1C=Cc2cc3c(cc2=C1)C=CC(=O)C=3S(=O)(=O)O.[H-].[Na+]. The molecule has 0 amide bonds. The molecule has 0 atom stereocenters. The first-order valence-electron chi connectivity index (χ1n) is 5.68. The van der Waals surface area contributed by atoms with Crippen molar-refractivity contribution in [3.63, 3.8) is 0 Å². The Hall–Kier alpha value is -1.31. The first-order valence-corrected chi connectivity index (χ1v) is 7.12. The molecular formula is C14H9NaO5S. The average molecular weight is 312 g/mol. The van der Waals surface area contributed by atoms with Crippen LogP contribution in [0.1, 0.15) is 12.6 Å².